The first-order valence-corrected chi connectivity index (χ1v) is 12.7. The van der Waals surface area contributed by atoms with E-state index in [0.717, 1.165) is 0 Å². The van der Waals surface area contributed by atoms with Gasteiger partial charge in [0.25, 0.3) is 15.9 Å². The fourth-order valence-corrected chi connectivity index (χ4v) is 4.43. The van der Waals surface area contributed by atoms with Crippen LogP contribution in [-0.2, 0) is 19.6 Å². The lowest BCUT2D eigenvalue weighted by atomic mass is 10.1. The van der Waals surface area contributed by atoms with Gasteiger partial charge in [0.2, 0.25) is 0 Å². The highest BCUT2D eigenvalue weighted by Crippen LogP contribution is 2.34. The molecule has 37 heavy (non-hydrogen) atoms. The van der Waals surface area contributed by atoms with E-state index in [9.17, 15) is 18.0 Å². The first kappa shape index (κ1) is 27.9. The van der Waals surface area contributed by atoms with E-state index in [1.54, 1.807) is 0 Å². The van der Waals surface area contributed by atoms with Crippen molar-refractivity contribution in [2.75, 3.05) is 38.0 Å². The number of esters is 1. The van der Waals surface area contributed by atoms with Crippen molar-refractivity contribution in [1.82, 2.24) is 0 Å². The SMILES string of the molecule is COC(=O)c1cc(OC)c(OC)cc1NC(=O)COc1ccc(S(=O)(=O)Nc2ccc(Cl)c(Cl)c2)cc1. The van der Waals surface area contributed by atoms with E-state index in [1.165, 1.54) is 75.9 Å². The van der Waals surface area contributed by atoms with Gasteiger partial charge < -0.3 is 24.3 Å². The van der Waals surface area contributed by atoms with Crippen molar-refractivity contribution >= 4 is 56.5 Å². The Morgan fingerprint density at radius 1 is 0.865 bits per heavy atom. The van der Waals surface area contributed by atoms with Crippen molar-refractivity contribution in [3.8, 4) is 17.2 Å². The van der Waals surface area contributed by atoms with E-state index in [0.29, 0.717) is 5.02 Å². The van der Waals surface area contributed by atoms with Gasteiger partial charge in [-0.05, 0) is 42.5 Å². The number of hydrogen-bond donors (Lipinski definition) is 2. The fourth-order valence-electron chi connectivity index (χ4n) is 3.09. The van der Waals surface area contributed by atoms with Gasteiger partial charge in [0.05, 0.1) is 53.2 Å². The normalized spacial score (nSPS) is 10.8. The average molecular weight is 569 g/mol. The molecule has 3 aromatic rings. The Kier molecular flexibility index (Phi) is 9.09. The lowest BCUT2D eigenvalue weighted by Gasteiger charge is -2.15. The number of sulfonamides is 1. The van der Waals surface area contributed by atoms with Crippen LogP contribution in [0.5, 0.6) is 17.2 Å². The minimum atomic E-state index is -3.91. The molecule has 0 saturated carbocycles. The van der Waals surface area contributed by atoms with Crippen LogP contribution in [0.15, 0.2) is 59.5 Å². The molecule has 3 aromatic carbocycles. The molecule has 0 aliphatic rings. The van der Waals surface area contributed by atoms with Crippen LogP contribution >= 0.6 is 23.2 Å². The number of nitrogens with one attached hydrogen (secondary N) is 2. The van der Waals surface area contributed by atoms with Gasteiger partial charge in [-0.1, -0.05) is 23.2 Å². The molecule has 2 N–H and O–H groups in total. The molecular weight excluding hydrogens is 547 g/mol. The lowest BCUT2D eigenvalue weighted by molar-refractivity contribution is -0.118. The summed E-state index contributed by atoms with van der Waals surface area (Å²) in [4.78, 5) is 24.6. The third kappa shape index (κ3) is 6.97. The maximum Gasteiger partial charge on any atom is 0.340 e. The predicted octanol–water partition coefficient (Wildman–Crippen LogP) is 4.62. The fraction of sp³-hybridized carbons (Fsp3) is 0.167. The summed E-state index contributed by atoms with van der Waals surface area (Å²) < 4.78 is 48.3. The summed E-state index contributed by atoms with van der Waals surface area (Å²) in [5.74, 6) is -0.471. The number of anilines is 2. The van der Waals surface area contributed by atoms with Crippen molar-refractivity contribution in [3.05, 3.63) is 70.2 Å². The zero-order valence-electron chi connectivity index (χ0n) is 19.8. The van der Waals surface area contributed by atoms with E-state index in [2.05, 4.69) is 10.0 Å². The molecule has 0 bridgehead atoms. The van der Waals surface area contributed by atoms with E-state index < -0.39 is 28.5 Å². The van der Waals surface area contributed by atoms with Crippen LogP contribution in [-0.4, -0.2) is 48.2 Å². The van der Waals surface area contributed by atoms with E-state index in [4.69, 9.17) is 42.1 Å². The number of ether oxygens (including phenoxy) is 4. The second kappa shape index (κ2) is 12.0. The molecule has 0 saturated heterocycles. The summed E-state index contributed by atoms with van der Waals surface area (Å²) in [6.07, 6.45) is 0. The summed E-state index contributed by atoms with van der Waals surface area (Å²) in [7, 11) is 0.113. The molecule has 10 nitrogen and oxygen atoms in total. The Balaban J connectivity index is 1.67. The van der Waals surface area contributed by atoms with Crippen LogP contribution in [0.3, 0.4) is 0 Å². The summed E-state index contributed by atoms with van der Waals surface area (Å²) in [5, 5.41) is 3.07. The molecule has 0 atom stereocenters. The smallest absolute Gasteiger partial charge is 0.340 e. The second-order valence-corrected chi connectivity index (χ2v) is 9.78. The van der Waals surface area contributed by atoms with Crippen molar-refractivity contribution in [1.29, 1.82) is 0 Å². The first-order chi connectivity index (χ1) is 17.6. The topological polar surface area (TPSA) is 129 Å². The molecule has 0 fully saturated rings. The minimum absolute atomic E-state index is 0.0385. The molecular formula is C24H22Cl2N2O8S. The highest BCUT2D eigenvalue weighted by atomic mass is 35.5. The van der Waals surface area contributed by atoms with E-state index in [-0.39, 0.29) is 44.1 Å². The average Bonchev–Trinajstić information content (AvgIpc) is 2.89. The molecule has 0 aromatic heterocycles. The maximum absolute atomic E-state index is 12.6. The third-order valence-electron chi connectivity index (χ3n) is 4.88. The number of rotatable bonds is 10. The van der Waals surface area contributed by atoms with Crippen LogP contribution in [0.1, 0.15) is 10.4 Å². The molecule has 0 heterocycles. The van der Waals surface area contributed by atoms with Crippen LogP contribution in [0, 0.1) is 0 Å². The molecule has 0 radical (unpaired) electrons. The zero-order chi connectivity index (χ0) is 27.2. The quantitative estimate of drug-likeness (QED) is 0.339. The Hall–Kier alpha value is -3.67. The Morgan fingerprint density at radius 3 is 2.11 bits per heavy atom. The molecule has 0 aliphatic carbocycles. The second-order valence-electron chi connectivity index (χ2n) is 7.29. The predicted molar refractivity (Wildman–Crippen MR) is 139 cm³/mol. The van der Waals surface area contributed by atoms with Crippen LogP contribution in [0.25, 0.3) is 0 Å². The third-order valence-corrected chi connectivity index (χ3v) is 7.02. The van der Waals surface area contributed by atoms with Gasteiger partial charge in [0, 0.05) is 12.1 Å². The van der Waals surface area contributed by atoms with Gasteiger partial charge in [0.1, 0.15) is 5.75 Å². The summed E-state index contributed by atoms with van der Waals surface area (Å²) >= 11 is 11.8. The number of benzene rings is 3. The number of halogens is 2. The van der Waals surface area contributed by atoms with Gasteiger partial charge in [0.15, 0.2) is 18.1 Å². The lowest BCUT2D eigenvalue weighted by Crippen LogP contribution is -2.22. The first-order valence-electron chi connectivity index (χ1n) is 10.4. The highest BCUT2D eigenvalue weighted by molar-refractivity contribution is 7.92. The Morgan fingerprint density at radius 2 is 1.51 bits per heavy atom. The number of carbonyl (C=O) groups is 2. The van der Waals surface area contributed by atoms with Gasteiger partial charge in [-0.2, -0.15) is 0 Å². The largest absolute Gasteiger partial charge is 0.493 e. The van der Waals surface area contributed by atoms with Gasteiger partial charge in [-0.25, -0.2) is 13.2 Å². The summed E-state index contributed by atoms with van der Waals surface area (Å²) in [6.45, 7) is -0.428. The standard InChI is InChI=1S/C24H22Cl2N2O8S/c1-33-21-11-17(24(30)35-3)20(12-22(21)34-2)27-23(29)13-36-15-5-7-16(8-6-15)37(31,32)28-14-4-9-18(25)19(26)10-14/h4-12,28H,13H2,1-3H3,(H,27,29). The molecule has 3 rings (SSSR count). The van der Waals surface area contributed by atoms with Gasteiger partial charge in [-0.3, -0.25) is 9.52 Å². The molecule has 196 valence electrons. The minimum Gasteiger partial charge on any atom is -0.493 e. The Labute approximate surface area is 223 Å². The van der Waals surface area contributed by atoms with Crippen molar-refractivity contribution in [2.24, 2.45) is 0 Å². The highest BCUT2D eigenvalue weighted by Gasteiger charge is 2.20. The van der Waals surface area contributed by atoms with Crippen molar-refractivity contribution in [2.45, 2.75) is 4.90 Å². The van der Waals surface area contributed by atoms with Gasteiger partial charge in [-0.15, -0.1) is 0 Å². The molecule has 0 aliphatic heterocycles. The summed E-state index contributed by atoms with van der Waals surface area (Å²) in [5.41, 5.74) is 0.429. The van der Waals surface area contributed by atoms with Crippen LogP contribution in [0.4, 0.5) is 11.4 Å². The maximum atomic E-state index is 12.6. The van der Waals surface area contributed by atoms with E-state index in [1.807, 2.05) is 0 Å². The number of amides is 1. The Bertz CT molecular complexity index is 1410. The number of hydrogen-bond acceptors (Lipinski definition) is 8. The number of methoxy groups -OCH3 is 3. The van der Waals surface area contributed by atoms with Crippen molar-refractivity contribution in [3.63, 3.8) is 0 Å². The van der Waals surface area contributed by atoms with Crippen molar-refractivity contribution < 1.29 is 37.0 Å². The monoisotopic (exact) mass is 568 g/mol. The van der Waals surface area contributed by atoms with Gasteiger partial charge >= 0.3 is 5.97 Å². The summed E-state index contributed by atoms with van der Waals surface area (Å²) in [6, 6.07) is 12.6. The number of carbonyl (C=O) groups excluding carboxylic acids is 2. The molecule has 0 spiro atoms. The van der Waals surface area contributed by atoms with Crippen LogP contribution in [0.2, 0.25) is 10.0 Å². The van der Waals surface area contributed by atoms with Crippen LogP contribution < -0.4 is 24.2 Å². The molecule has 13 heteroatoms. The van der Waals surface area contributed by atoms with E-state index >= 15 is 0 Å². The molecule has 0 unspecified atom stereocenters. The zero-order valence-corrected chi connectivity index (χ0v) is 22.2. The molecule has 1 amide bonds.